The van der Waals surface area contributed by atoms with Gasteiger partial charge in [0.05, 0.1) is 11.7 Å². The van der Waals surface area contributed by atoms with Gasteiger partial charge in [-0.2, -0.15) is 0 Å². The molecule has 3 rings (SSSR count). The Morgan fingerprint density at radius 3 is 2.37 bits per heavy atom. The molecule has 0 saturated heterocycles. The number of rotatable bonds is 5. The van der Waals surface area contributed by atoms with Crippen LogP contribution in [0.1, 0.15) is 29.8 Å². The highest BCUT2D eigenvalue weighted by Gasteiger charge is 2.22. The Labute approximate surface area is 154 Å². The van der Waals surface area contributed by atoms with Crippen molar-refractivity contribution < 1.29 is 13.6 Å². The van der Waals surface area contributed by atoms with Crippen molar-refractivity contribution in [3.05, 3.63) is 71.4 Å². The van der Waals surface area contributed by atoms with Gasteiger partial charge in [-0.15, -0.1) is 10.2 Å². The smallest absolute Gasteiger partial charge is 0.248 e. The molecule has 6 nitrogen and oxygen atoms in total. The van der Waals surface area contributed by atoms with Crippen molar-refractivity contribution in [2.75, 3.05) is 5.32 Å². The summed E-state index contributed by atoms with van der Waals surface area (Å²) in [7, 11) is 0. The van der Waals surface area contributed by atoms with Crippen LogP contribution in [0.4, 0.5) is 14.7 Å². The van der Waals surface area contributed by atoms with Crippen LogP contribution in [0, 0.1) is 11.6 Å². The van der Waals surface area contributed by atoms with Crippen molar-refractivity contribution in [3.63, 3.8) is 0 Å². The Kier molecular flexibility index (Phi) is 4.81. The zero-order chi connectivity index (χ0) is 19.6. The van der Waals surface area contributed by atoms with E-state index in [-0.39, 0.29) is 28.6 Å². The van der Waals surface area contributed by atoms with Gasteiger partial charge in [0.15, 0.2) is 0 Å². The zero-order valence-corrected chi connectivity index (χ0v) is 14.7. The number of amides is 1. The topological polar surface area (TPSA) is 93.8 Å². The van der Waals surface area contributed by atoms with Crippen LogP contribution in [0.5, 0.6) is 0 Å². The minimum absolute atomic E-state index is 0.0793. The van der Waals surface area contributed by atoms with E-state index in [0.29, 0.717) is 0 Å². The number of primary amides is 1. The van der Waals surface area contributed by atoms with E-state index in [4.69, 9.17) is 5.73 Å². The predicted molar refractivity (Wildman–Crippen MR) is 96.8 cm³/mol. The first kappa shape index (κ1) is 18.4. The number of nitrogens with two attached hydrogens (primary N) is 1. The van der Waals surface area contributed by atoms with Crippen LogP contribution in [0.15, 0.2) is 48.7 Å². The summed E-state index contributed by atoms with van der Waals surface area (Å²) in [6.07, 6.45) is 1.35. The van der Waals surface area contributed by atoms with E-state index >= 15 is 0 Å². The fraction of sp³-hybridized carbons (Fsp3) is 0.158. The molecule has 1 heterocycles. The zero-order valence-electron chi connectivity index (χ0n) is 14.7. The molecule has 2 aromatic carbocycles. The summed E-state index contributed by atoms with van der Waals surface area (Å²) >= 11 is 0. The van der Waals surface area contributed by atoms with E-state index in [0.717, 1.165) is 11.6 Å². The van der Waals surface area contributed by atoms with Gasteiger partial charge in [-0.1, -0.05) is 12.1 Å². The van der Waals surface area contributed by atoms with E-state index in [1.807, 2.05) is 13.8 Å². The second kappa shape index (κ2) is 7.06. The largest absolute Gasteiger partial charge is 0.366 e. The molecule has 0 aliphatic carbocycles. The summed E-state index contributed by atoms with van der Waals surface area (Å²) in [6, 6.07) is 9.80. The number of benzene rings is 2. The highest BCUT2D eigenvalue weighted by atomic mass is 19.1. The summed E-state index contributed by atoms with van der Waals surface area (Å²) in [5, 5.41) is 11.0. The van der Waals surface area contributed by atoms with Gasteiger partial charge in [0.1, 0.15) is 17.3 Å². The fourth-order valence-electron chi connectivity index (χ4n) is 2.55. The number of hydrogen-bond acceptors (Lipinski definition) is 5. The summed E-state index contributed by atoms with van der Waals surface area (Å²) in [4.78, 5) is 15.4. The van der Waals surface area contributed by atoms with Crippen molar-refractivity contribution in [1.82, 2.24) is 15.2 Å². The maximum absolute atomic E-state index is 14.1. The van der Waals surface area contributed by atoms with Gasteiger partial charge in [0, 0.05) is 11.1 Å². The number of aromatic nitrogens is 3. The van der Waals surface area contributed by atoms with E-state index in [2.05, 4.69) is 20.5 Å². The third-order valence-corrected chi connectivity index (χ3v) is 4.08. The number of halogens is 2. The number of carbonyl (C=O) groups excluding carboxylic acids is 1. The Morgan fingerprint density at radius 1 is 1.07 bits per heavy atom. The first-order valence-corrected chi connectivity index (χ1v) is 8.10. The van der Waals surface area contributed by atoms with Gasteiger partial charge >= 0.3 is 0 Å². The maximum Gasteiger partial charge on any atom is 0.248 e. The summed E-state index contributed by atoms with van der Waals surface area (Å²) < 4.78 is 27.2. The molecule has 1 aromatic heterocycles. The molecule has 0 aliphatic rings. The third kappa shape index (κ3) is 4.05. The van der Waals surface area contributed by atoms with E-state index in [9.17, 15) is 13.6 Å². The van der Waals surface area contributed by atoms with Crippen LogP contribution in [-0.2, 0) is 5.54 Å². The molecule has 0 unspecified atom stereocenters. The summed E-state index contributed by atoms with van der Waals surface area (Å²) in [5.41, 5.74) is 5.87. The number of nitrogens with zero attached hydrogens (tertiary/aromatic N) is 3. The van der Waals surface area contributed by atoms with Gasteiger partial charge < -0.3 is 11.1 Å². The van der Waals surface area contributed by atoms with Crippen LogP contribution in [0.2, 0.25) is 0 Å². The molecule has 0 radical (unpaired) electrons. The van der Waals surface area contributed by atoms with Gasteiger partial charge in [-0.05, 0) is 49.7 Å². The van der Waals surface area contributed by atoms with E-state index in [1.165, 1.54) is 30.5 Å². The molecule has 0 bridgehead atoms. The van der Waals surface area contributed by atoms with Gasteiger partial charge in [0.2, 0.25) is 11.9 Å². The first-order valence-electron chi connectivity index (χ1n) is 8.10. The van der Waals surface area contributed by atoms with Crippen molar-refractivity contribution in [1.29, 1.82) is 0 Å². The molecule has 0 atom stereocenters. The molecule has 3 aromatic rings. The highest BCUT2D eigenvalue weighted by Crippen LogP contribution is 2.25. The Balaban J connectivity index is 1.84. The van der Waals surface area contributed by atoms with Crippen LogP contribution >= 0.6 is 0 Å². The quantitative estimate of drug-likeness (QED) is 0.720. The van der Waals surface area contributed by atoms with Crippen molar-refractivity contribution in [2.45, 2.75) is 19.4 Å². The lowest BCUT2D eigenvalue weighted by Crippen LogP contribution is -2.29. The molecule has 138 valence electrons. The van der Waals surface area contributed by atoms with E-state index < -0.39 is 17.3 Å². The Bertz CT molecular complexity index is 972. The highest BCUT2D eigenvalue weighted by molar-refractivity contribution is 5.94. The van der Waals surface area contributed by atoms with Crippen LogP contribution < -0.4 is 11.1 Å². The molecule has 3 N–H and O–H groups in total. The van der Waals surface area contributed by atoms with Crippen molar-refractivity contribution >= 4 is 11.9 Å². The summed E-state index contributed by atoms with van der Waals surface area (Å²) in [6.45, 7) is 3.76. The van der Waals surface area contributed by atoms with Crippen molar-refractivity contribution in [3.8, 4) is 11.3 Å². The normalized spacial score (nSPS) is 11.3. The molecule has 8 heteroatoms. The van der Waals surface area contributed by atoms with Crippen LogP contribution in [-0.4, -0.2) is 21.1 Å². The number of nitrogens with one attached hydrogen (secondary N) is 1. The molecule has 0 spiro atoms. The second-order valence-corrected chi connectivity index (χ2v) is 6.48. The molecular weight excluding hydrogens is 352 g/mol. The Hall–Kier alpha value is -3.42. The van der Waals surface area contributed by atoms with Crippen molar-refractivity contribution in [2.24, 2.45) is 5.73 Å². The average Bonchev–Trinajstić information content (AvgIpc) is 2.63. The molecule has 27 heavy (non-hydrogen) atoms. The van der Waals surface area contributed by atoms with Gasteiger partial charge in [-0.25, -0.2) is 13.8 Å². The Morgan fingerprint density at radius 2 is 1.78 bits per heavy atom. The molecule has 0 fully saturated rings. The van der Waals surface area contributed by atoms with Gasteiger partial charge in [0.25, 0.3) is 0 Å². The lowest BCUT2D eigenvalue weighted by atomic mass is 9.94. The number of anilines is 1. The molecule has 0 aliphatic heterocycles. The monoisotopic (exact) mass is 369 g/mol. The minimum Gasteiger partial charge on any atom is -0.366 e. The molecular formula is C19H17F2N5O. The average molecular weight is 369 g/mol. The SMILES string of the molecule is CC(C)(Nc1ncc(-c2cc(C(N)=O)ccc2F)nn1)c1ccc(F)cc1. The second-order valence-electron chi connectivity index (χ2n) is 6.48. The number of carbonyl (C=O) groups is 1. The third-order valence-electron chi connectivity index (χ3n) is 4.08. The standard InChI is InChI=1S/C19H17F2N5O/c1-19(2,12-4-6-13(20)7-5-12)24-18-23-10-16(25-26-18)14-9-11(17(22)27)3-8-15(14)21/h3-10H,1-2H3,(H2,22,27)(H,23,24,26). The number of hydrogen-bond donors (Lipinski definition) is 2. The van der Waals surface area contributed by atoms with Gasteiger partial charge in [-0.3, -0.25) is 4.79 Å². The first-order chi connectivity index (χ1) is 12.8. The minimum atomic E-state index is -0.670. The lowest BCUT2D eigenvalue weighted by Gasteiger charge is -2.26. The van der Waals surface area contributed by atoms with Crippen LogP contribution in [0.25, 0.3) is 11.3 Å². The summed E-state index contributed by atoms with van der Waals surface area (Å²) in [5.74, 6) is -1.34. The lowest BCUT2D eigenvalue weighted by molar-refractivity contribution is 0.100. The fourth-order valence-corrected chi connectivity index (χ4v) is 2.55. The molecule has 0 saturated carbocycles. The molecule has 1 amide bonds. The maximum atomic E-state index is 14.1. The predicted octanol–water partition coefficient (Wildman–Crippen LogP) is 3.26. The van der Waals surface area contributed by atoms with Crippen LogP contribution in [0.3, 0.4) is 0 Å². The van der Waals surface area contributed by atoms with E-state index in [1.54, 1.807) is 12.1 Å².